The average Bonchev–Trinajstić information content (AvgIpc) is 3.21. The predicted molar refractivity (Wildman–Crippen MR) is 101 cm³/mol. The molecule has 0 amide bonds. The van der Waals surface area contributed by atoms with E-state index in [4.69, 9.17) is 32.7 Å². The van der Waals surface area contributed by atoms with Gasteiger partial charge in [-0.3, -0.25) is 0 Å². The Hall–Kier alpha value is -2.35. The average molecular weight is 407 g/mol. The Morgan fingerprint density at radius 3 is 2.62 bits per heavy atom. The molecule has 0 aliphatic rings. The molecule has 0 saturated heterocycles. The minimum Gasteiger partial charge on any atom is -0.497 e. The Morgan fingerprint density at radius 1 is 1.08 bits per heavy atom. The Morgan fingerprint density at radius 2 is 1.88 bits per heavy atom. The first-order valence-corrected chi connectivity index (χ1v) is 9.14. The smallest absolute Gasteiger partial charge is 0.235 e. The van der Waals surface area contributed by atoms with Gasteiger partial charge in [-0.1, -0.05) is 34.5 Å². The number of hydrogen-bond donors (Lipinski definition) is 0. The van der Waals surface area contributed by atoms with Crippen molar-refractivity contribution in [2.45, 2.75) is 6.61 Å². The van der Waals surface area contributed by atoms with Crippen molar-refractivity contribution in [3.8, 4) is 22.9 Å². The molecule has 4 aromatic rings. The van der Waals surface area contributed by atoms with Crippen LogP contribution in [0.3, 0.4) is 0 Å². The largest absolute Gasteiger partial charge is 0.497 e. The first-order valence-electron chi connectivity index (χ1n) is 7.57. The predicted octanol–water partition coefficient (Wildman–Crippen LogP) is 4.75. The number of aromatic nitrogens is 4. The van der Waals surface area contributed by atoms with Crippen LogP contribution in [0.25, 0.3) is 16.3 Å². The van der Waals surface area contributed by atoms with Crippen LogP contribution < -0.4 is 9.47 Å². The third kappa shape index (κ3) is 3.33. The molecular formula is C17H12Cl2N4O2S. The monoisotopic (exact) mass is 406 g/mol. The van der Waals surface area contributed by atoms with E-state index in [-0.39, 0.29) is 6.61 Å². The topological polar surface area (TPSA) is 61.5 Å². The molecule has 9 heteroatoms. The summed E-state index contributed by atoms with van der Waals surface area (Å²) in [5, 5.41) is 14.7. The summed E-state index contributed by atoms with van der Waals surface area (Å²) in [7, 11) is 1.63. The number of nitrogens with zero attached hydrogens (tertiary/aromatic N) is 4. The van der Waals surface area contributed by atoms with Gasteiger partial charge in [-0.05, 0) is 42.5 Å². The molecule has 0 atom stereocenters. The van der Waals surface area contributed by atoms with Gasteiger partial charge >= 0.3 is 0 Å². The van der Waals surface area contributed by atoms with Crippen molar-refractivity contribution < 1.29 is 9.47 Å². The van der Waals surface area contributed by atoms with Crippen molar-refractivity contribution >= 4 is 39.5 Å². The van der Waals surface area contributed by atoms with Gasteiger partial charge in [0.1, 0.15) is 18.1 Å². The minimum absolute atomic E-state index is 0.275. The van der Waals surface area contributed by atoms with Gasteiger partial charge < -0.3 is 9.47 Å². The summed E-state index contributed by atoms with van der Waals surface area (Å²) in [6.07, 6.45) is 0. The fourth-order valence-electron chi connectivity index (χ4n) is 2.37. The highest BCUT2D eigenvalue weighted by molar-refractivity contribution is 7.16. The van der Waals surface area contributed by atoms with Gasteiger partial charge in [-0.25, -0.2) is 0 Å². The van der Waals surface area contributed by atoms with Crippen molar-refractivity contribution in [3.63, 3.8) is 0 Å². The maximum Gasteiger partial charge on any atom is 0.235 e. The maximum atomic E-state index is 6.12. The highest BCUT2D eigenvalue weighted by atomic mass is 35.5. The molecule has 0 radical (unpaired) electrons. The number of ether oxygens (including phenoxy) is 2. The zero-order valence-electron chi connectivity index (χ0n) is 13.5. The lowest BCUT2D eigenvalue weighted by Gasteiger charge is -2.05. The van der Waals surface area contributed by atoms with E-state index in [1.165, 1.54) is 11.3 Å². The van der Waals surface area contributed by atoms with Crippen molar-refractivity contribution in [2.24, 2.45) is 0 Å². The van der Waals surface area contributed by atoms with Crippen LogP contribution >= 0.6 is 34.5 Å². The molecule has 0 aliphatic heterocycles. The van der Waals surface area contributed by atoms with Crippen LogP contribution in [0.1, 0.15) is 5.01 Å². The van der Waals surface area contributed by atoms with Gasteiger partial charge in [0.25, 0.3) is 0 Å². The van der Waals surface area contributed by atoms with Crippen molar-refractivity contribution in [1.82, 2.24) is 19.8 Å². The Kier molecular flexibility index (Phi) is 4.67. The van der Waals surface area contributed by atoms with Gasteiger partial charge in [0.2, 0.25) is 4.96 Å². The highest BCUT2D eigenvalue weighted by Gasteiger charge is 2.14. The van der Waals surface area contributed by atoms with Crippen LogP contribution in [0.4, 0.5) is 0 Å². The molecule has 0 aliphatic carbocycles. The van der Waals surface area contributed by atoms with Gasteiger partial charge in [-0.2, -0.15) is 9.61 Å². The van der Waals surface area contributed by atoms with Crippen LogP contribution in [-0.2, 0) is 6.61 Å². The first kappa shape index (κ1) is 17.1. The van der Waals surface area contributed by atoms with Gasteiger partial charge in [-0.15, -0.1) is 10.2 Å². The van der Waals surface area contributed by atoms with E-state index < -0.39 is 0 Å². The van der Waals surface area contributed by atoms with E-state index in [0.717, 1.165) is 16.3 Å². The molecule has 0 fully saturated rings. The summed E-state index contributed by atoms with van der Waals surface area (Å²) < 4.78 is 12.6. The van der Waals surface area contributed by atoms with Crippen LogP contribution in [-0.4, -0.2) is 26.9 Å². The summed E-state index contributed by atoms with van der Waals surface area (Å²) in [5.74, 6) is 1.99. The van der Waals surface area contributed by atoms with Crippen LogP contribution in [0, 0.1) is 0 Å². The number of hydrogen-bond acceptors (Lipinski definition) is 6. The zero-order chi connectivity index (χ0) is 18.1. The third-order valence-electron chi connectivity index (χ3n) is 3.63. The number of benzene rings is 2. The summed E-state index contributed by atoms with van der Waals surface area (Å²) in [4.78, 5) is 0.691. The Balaban J connectivity index is 1.57. The van der Waals surface area contributed by atoms with Crippen LogP contribution in [0.2, 0.25) is 10.0 Å². The van der Waals surface area contributed by atoms with E-state index in [1.807, 2.05) is 24.3 Å². The summed E-state index contributed by atoms with van der Waals surface area (Å²) >= 11 is 13.4. The summed E-state index contributed by atoms with van der Waals surface area (Å²) in [6.45, 7) is 0.275. The third-order valence-corrected chi connectivity index (χ3v) is 5.03. The van der Waals surface area contributed by atoms with Crippen molar-refractivity contribution in [1.29, 1.82) is 0 Å². The van der Waals surface area contributed by atoms with E-state index in [0.29, 0.717) is 26.6 Å². The molecule has 4 rings (SSSR count). The van der Waals surface area contributed by atoms with E-state index in [1.54, 1.807) is 29.8 Å². The second-order valence-electron chi connectivity index (χ2n) is 5.31. The van der Waals surface area contributed by atoms with Gasteiger partial charge in [0, 0.05) is 10.6 Å². The molecule has 2 aromatic carbocycles. The Labute approximate surface area is 162 Å². The normalized spacial score (nSPS) is 11.0. The fraction of sp³-hybridized carbons (Fsp3) is 0.118. The molecule has 0 spiro atoms. The standard InChI is InChI=1S/C17H12Cl2N4O2S/c1-24-12-5-2-10(3-6-12)16-20-21-17-23(16)22-15(26-17)9-25-14-7-4-11(18)8-13(14)19/h2-8H,9H2,1H3. The lowest BCUT2D eigenvalue weighted by atomic mass is 10.2. The van der Waals surface area contributed by atoms with Gasteiger partial charge in [0.15, 0.2) is 10.8 Å². The van der Waals surface area contributed by atoms with E-state index >= 15 is 0 Å². The maximum absolute atomic E-state index is 6.12. The molecule has 0 unspecified atom stereocenters. The van der Waals surface area contributed by atoms with Crippen LogP contribution in [0.5, 0.6) is 11.5 Å². The SMILES string of the molecule is COc1ccc(-c2nnc3sc(COc4ccc(Cl)cc4Cl)nn23)cc1. The van der Waals surface area contributed by atoms with Gasteiger partial charge in [0.05, 0.1) is 12.1 Å². The molecule has 2 heterocycles. The molecule has 0 N–H and O–H groups in total. The number of halogens is 2. The molecule has 0 bridgehead atoms. The molecule has 0 saturated carbocycles. The Bertz CT molecular complexity index is 1060. The molecular weight excluding hydrogens is 395 g/mol. The highest BCUT2D eigenvalue weighted by Crippen LogP contribution is 2.29. The quantitative estimate of drug-likeness (QED) is 0.478. The number of methoxy groups -OCH3 is 1. The molecule has 2 aromatic heterocycles. The van der Waals surface area contributed by atoms with Crippen LogP contribution in [0.15, 0.2) is 42.5 Å². The zero-order valence-corrected chi connectivity index (χ0v) is 15.8. The lowest BCUT2D eigenvalue weighted by Crippen LogP contribution is -1.98. The summed E-state index contributed by atoms with van der Waals surface area (Å²) in [5.41, 5.74) is 0.900. The molecule has 26 heavy (non-hydrogen) atoms. The van der Waals surface area contributed by atoms with E-state index in [9.17, 15) is 0 Å². The lowest BCUT2D eigenvalue weighted by molar-refractivity contribution is 0.304. The number of rotatable bonds is 5. The van der Waals surface area contributed by atoms with Crippen molar-refractivity contribution in [2.75, 3.05) is 7.11 Å². The second kappa shape index (κ2) is 7.11. The summed E-state index contributed by atoms with van der Waals surface area (Å²) in [6, 6.07) is 12.7. The fourth-order valence-corrected chi connectivity index (χ4v) is 3.58. The van der Waals surface area contributed by atoms with E-state index in [2.05, 4.69) is 15.3 Å². The molecule has 132 valence electrons. The molecule has 6 nitrogen and oxygen atoms in total. The van der Waals surface area contributed by atoms with Crippen molar-refractivity contribution in [3.05, 3.63) is 57.5 Å². The minimum atomic E-state index is 0.275. The number of fused-ring (bicyclic) bond motifs is 1. The first-order chi connectivity index (χ1) is 12.6. The second-order valence-corrected chi connectivity index (χ2v) is 7.19.